The van der Waals surface area contributed by atoms with Crippen LogP contribution in [0.25, 0.3) is 0 Å². The summed E-state index contributed by atoms with van der Waals surface area (Å²) >= 11 is 4.84. The van der Waals surface area contributed by atoms with Crippen LogP contribution in [-0.2, 0) is 6.18 Å². The second-order valence-electron chi connectivity index (χ2n) is 3.95. The van der Waals surface area contributed by atoms with Gasteiger partial charge in [0.05, 0.1) is 11.3 Å². The van der Waals surface area contributed by atoms with E-state index in [1.165, 1.54) is 0 Å². The Balaban J connectivity index is 2.92. The van der Waals surface area contributed by atoms with E-state index in [1.54, 1.807) is 13.8 Å². The molecule has 0 radical (unpaired) electrons. The molecular formula is C11H12F4N2S. The highest BCUT2D eigenvalue weighted by Crippen LogP contribution is 2.31. The number of halogens is 4. The third-order valence-corrected chi connectivity index (χ3v) is 2.18. The molecule has 1 aromatic carbocycles. The molecule has 0 fully saturated rings. The predicted octanol–water partition coefficient (Wildman–Crippen LogP) is 3.54. The van der Waals surface area contributed by atoms with Gasteiger partial charge in [0, 0.05) is 6.04 Å². The number of rotatable bonds is 2. The molecule has 100 valence electrons. The monoisotopic (exact) mass is 280 g/mol. The fraction of sp³-hybridized carbons (Fsp3) is 0.364. The van der Waals surface area contributed by atoms with Crippen molar-refractivity contribution in [1.82, 2.24) is 5.32 Å². The van der Waals surface area contributed by atoms with Crippen LogP contribution in [0.4, 0.5) is 23.2 Å². The van der Waals surface area contributed by atoms with Gasteiger partial charge in [-0.3, -0.25) is 0 Å². The van der Waals surface area contributed by atoms with Gasteiger partial charge in [0.2, 0.25) is 0 Å². The quantitative estimate of drug-likeness (QED) is 0.640. The smallest absolute Gasteiger partial charge is 0.360 e. The lowest BCUT2D eigenvalue weighted by Gasteiger charge is -2.15. The first kappa shape index (κ1) is 14.7. The van der Waals surface area contributed by atoms with E-state index < -0.39 is 17.6 Å². The summed E-state index contributed by atoms with van der Waals surface area (Å²) in [6.45, 7) is 3.60. The van der Waals surface area contributed by atoms with E-state index in [0.717, 1.165) is 6.07 Å². The summed E-state index contributed by atoms with van der Waals surface area (Å²) < 4.78 is 50.7. The lowest BCUT2D eigenvalue weighted by Crippen LogP contribution is -2.34. The first-order valence-corrected chi connectivity index (χ1v) is 5.55. The minimum absolute atomic E-state index is 0.00106. The molecule has 0 aliphatic rings. The SMILES string of the molecule is CC(C)NC(=S)Nc1cc(C(F)(F)F)ccc1F. The van der Waals surface area contributed by atoms with Crippen molar-refractivity contribution < 1.29 is 17.6 Å². The predicted molar refractivity (Wildman–Crippen MR) is 65.9 cm³/mol. The van der Waals surface area contributed by atoms with Crippen molar-refractivity contribution in [3.63, 3.8) is 0 Å². The number of hydrogen-bond donors (Lipinski definition) is 2. The van der Waals surface area contributed by atoms with Crippen LogP contribution in [0.15, 0.2) is 18.2 Å². The number of anilines is 1. The Bertz CT molecular complexity index is 443. The number of nitrogens with one attached hydrogen (secondary N) is 2. The Kier molecular flexibility index (Phi) is 4.50. The summed E-state index contributed by atoms with van der Waals surface area (Å²) in [5, 5.41) is 5.22. The second kappa shape index (κ2) is 5.51. The molecule has 0 spiro atoms. The normalized spacial score (nSPS) is 11.5. The van der Waals surface area contributed by atoms with Crippen molar-refractivity contribution in [2.75, 3.05) is 5.32 Å². The molecule has 0 aliphatic heterocycles. The highest BCUT2D eigenvalue weighted by molar-refractivity contribution is 7.80. The van der Waals surface area contributed by atoms with Crippen molar-refractivity contribution in [2.24, 2.45) is 0 Å². The van der Waals surface area contributed by atoms with Crippen molar-refractivity contribution in [1.29, 1.82) is 0 Å². The molecule has 0 unspecified atom stereocenters. The standard InChI is InChI=1S/C11H12F4N2S/c1-6(2)16-10(18)17-9-5-7(11(13,14)15)3-4-8(9)12/h3-6H,1-2H3,(H2,16,17,18). The van der Waals surface area contributed by atoms with Gasteiger partial charge in [0.25, 0.3) is 0 Å². The number of thiocarbonyl (C=S) groups is 1. The van der Waals surface area contributed by atoms with Gasteiger partial charge >= 0.3 is 6.18 Å². The average Bonchev–Trinajstić information content (AvgIpc) is 2.18. The lowest BCUT2D eigenvalue weighted by atomic mass is 10.2. The van der Waals surface area contributed by atoms with Gasteiger partial charge in [-0.25, -0.2) is 4.39 Å². The molecule has 2 N–H and O–H groups in total. The van der Waals surface area contributed by atoms with Crippen molar-refractivity contribution in [2.45, 2.75) is 26.1 Å². The minimum atomic E-state index is -4.52. The van der Waals surface area contributed by atoms with Crippen LogP contribution in [0.2, 0.25) is 0 Å². The molecule has 0 heterocycles. The molecule has 18 heavy (non-hydrogen) atoms. The van der Waals surface area contributed by atoms with Gasteiger partial charge in [0.15, 0.2) is 5.11 Å². The van der Waals surface area contributed by atoms with Gasteiger partial charge in [-0.15, -0.1) is 0 Å². The molecule has 2 nitrogen and oxygen atoms in total. The Morgan fingerprint density at radius 2 is 1.89 bits per heavy atom. The fourth-order valence-corrected chi connectivity index (χ4v) is 1.56. The van der Waals surface area contributed by atoms with Crippen LogP contribution < -0.4 is 10.6 Å². The molecule has 0 bridgehead atoms. The van der Waals surface area contributed by atoms with E-state index >= 15 is 0 Å². The Morgan fingerprint density at radius 3 is 2.39 bits per heavy atom. The zero-order valence-electron chi connectivity index (χ0n) is 9.73. The zero-order chi connectivity index (χ0) is 13.9. The average molecular weight is 280 g/mol. The Morgan fingerprint density at radius 1 is 1.28 bits per heavy atom. The molecule has 0 amide bonds. The molecular weight excluding hydrogens is 268 g/mol. The van der Waals surface area contributed by atoms with Crippen molar-refractivity contribution in [3.05, 3.63) is 29.6 Å². The third-order valence-electron chi connectivity index (χ3n) is 1.96. The molecule has 0 aliphatic carbocycles. The summed E-state index contributed by atoms with van der Waals surface area (Å²) in [6.07, 6.45) is -4.52. The van der Waals surface area contributed by atoms with Gasteiger partial charge in [-0.2, -0.15) is 13.2 Å². The van der Waals surface area contributed by atoms with Crippen LogP contribution in [-0.4, -0.2) is 11.2 Å². The van der Waals surface area contributed by atoms with E-state index in [9.17, 15) is 17.6 Å². The lowest BCUT2D eigenvalue weighted by molar-refractivity contribution is -0.137. The largest absolute Gasteiger partial charge is 0.416 e. The summed E-state index contributed by atoms with van der Waals surface area (Å²) in [7, 11) is 0. The summed E-state index contributed by atoms with van der Waals surface area (Å²) in [5.74, 6) is -0.795. The molecule has 0 atom stereocenters. The van der Waals surface area contributed by atoms with E-state index in [4.69, 9.17) is 12.2 Å². The van der Waals surface area contributed by atoms with Gasteiger partial charge < -0.3 is 10.6 Å². The van der Waals surface area contributed by atoms with E-state index in [2.05, 4.69) is 10.6 Å². The molecule has 7 heteroatoms. The van der Waals surface area contributed by atoms with E-state index in [-0.39, 0.29) is 16.8 Å². The van der Waals surface area contributed by atoms with Gasteiger partial charge in [-0.05, 0) is 44.3 Å². The molecule has 0 saturated heterocycles. The van der Waals surface area contributed by atoms with Crippen LogP contribution in [0.1, 0.15) is 19.4 Å². The third kappa shape index (κ3) is 4.14. The molecule has 0 saturated carbocycles. The summed E-state index contributed by atoms with van der Waals surface area (Å²) in [5.41, 5.74) is -1.23. The zero-order valence-corrected chi connectivity index (χ0v) is 10.5. The maximum Gasteiger partial charge on any atom is 0.416 e. The van der Waals surface area contributed by atoms with Crippen LogP contribution >= 0.6 is 12.2 Å². The van der Waals surface area contributed by atoms with Crippen LogP contribution in [0.5, 0.6) is 0 Å². The fourth-order valence-electron chi connectivity index (χ4n) is 1.22. The van der Waals surface area contributed by atoms with Crippen LogP contribution in [0, 0.1) is 5.82 Å². The minimum Gasteiger partial charge on any atom is -0.360 e. The number of alkyl halides is 3. The number of benzene rings is 1. The van der Waals surface area contributed by atoms with Gasteiger partial charge in [-0.1, -0.05) is 0 Å². The number of hydrogen-bond acceptors (Lipinski definition) is 1. The first-order chi connectivity index (χ1) is 8.20. The van der Waals surface area contributed by atoms with Crippen molar-refractivity contribution >= 4 is 23.0 Å². The highest BCUT2D eigenvalue weighted by Gasteiger charge is 2.31. The summed E-state index contributed by atoms with van der Waals surface area (Å²) in [6, 6.07) is 2.12. The van der Waals surface area contributed by atoms with Crippen LogP contribution in [0.3, 0.4) is 0 Å². The van der Waals surface area contributed by atoms with E-state index in [1.807, 2.05) is 0 Å². The van der Waals surface area contributed by atoms with Crippen molar-refractivity contribution in [3.8, 4) is 0 Å². The summed E-state index contributed by atoms with van der Waals surface area (Å²) in [4.78, 5) is 0. The topological polar surface area (TPSA) is 24.1 Å². The molecule has 1 aromatic rings. The Labute approximate surface area is 107 Å². The molecule has 0 aromatic heterocycles. The maximum absolute atomic E-state index is 13.3. The first-order valence-electron chi connectivity index (χ1n) is 5.14. The Hall–Kier alpha value is -1.37. The van der Waals surface area contributed by atoms with Gasteiger partial charge in [0.1, 0.15) is 5.82 Å². The second-order valence-corrected chi connectivity index (χ2v) is 4.35. The van der Waals surface area contributed by atoms with E-state index in [0.29, 0.717) is 12.1 Å². The molecule has 1 rings (SSSR count). The highest BCUT2D eigenvalue weighted by atomic mass is 32.1. The maximum atomic E-state index is 13.3.